The lowest BCUT2D eigenvalue weighted by atomic mass is 10.2. The van der Waals surface area contributed by atoms with Crippen LogP contribution in [0.25, 0.3) is 11.5 Å². The number of nitrogens with zero attached hydrogens (tertiary/aromatic N) is 1. The Morgan fingerprint density at radius 2 is 1.73 bits per heavy atom. The maximum absolute atomic E-state index is 13.5. The van der Waals surface area contributed by atoms with E-state index in [0.717, 1.165) is 0 Å². The molecule has 0 fully saturated rings. The minimum absolute atomic E-state index is 0.00623. The maximum Gasteiger partial charge on any atom is 0.233 e. The summed E-state index contributed by atoms with van der Waals surface area (Å²) in [7, 11) is 0.523. The molecule has 1 N–H and O–H groups in total. The van der Waals surface area contributed by atoms with Crippen LogP contribution in [0.4, 0.5) is 5.88 Å². The van der Waals surface area contributed by atoms with Gasteiger partial charge >= 0.3 is 0 Å². The van der Waals surface area contributed by atoms with Crippen LogP contribution < -0.4 is 24.3 Å². The molecule has 3 aromatic rings. The average Bonchev–Trinajstić information content (AvgIpc) is 3.28. The molecule has 10 nitrogen and oxygen atoms in total. The van der Waals surface area contributed by atoms with Gasteiger partial charge in [0.25, 0.3) is 0 Å². The molecule has 33 heavy (non-hydrogen) atoms. The summed E-state index contributed by atoms with van der Waals surface area (Å²) in [5.41, 5.74) is 0.520. The first-order valence-electron chi connectivity index (χ1n) is 10.1. The fourth-order valence-corrected chi connectivity index (χ4v) is 4.56. The molecule has 0 saturated carbocycles. The van der Waals surface area contributed by atoms with Gasteiger partial charge in [0.2, 0.25) is 26.6 Å². The van der Waals surface area contributed by atoms with Crippen LogP contribution in [0.15, 0.2) is 50.7 Å². The Labute approximate surface area is 191 Å². The molecule has 2 aromatic carbocycles. The summed E-state index contributed by atoms with van der Waals surface area (Å²) in [6, 6.07) is 9.48. The lowest BCUT2D eigenvalue weighted by Gasteiger charge is -2.18. The third kappa shape index (κ3) is 4.55. The van der Waals surface area contributed by atoms with Crippen LogP contribution in [-0.2, 0) is 14.6 Å². The summed E-state index contributed by atoms with van der Waals surface area (Å²) in [5, 5.41) is 2.70. The first-order chi connectivity index (χ1) is 16.0. The summed E-state index contributed by atoms with van der Waals surface area (Å²) in [6.07, 6.45) is 0. The van der Waals surface area contributed by atoms with Gasteiger partial charge in [0.05, 0.1) is 25.7 Å². The van der Waals surface area contributed by atoms with Crippen LogP contribution in [0.5, 0.6) is 23.0 Å². The number of rotatable bonds is 9. The van der Waals surface area contributed by atoms with Crippen LogP contribution in [0, 0.1) is 0 Å². The molecule has 0 unspecified atom stereocenters. The van der Waals surface area contributed by atoms with Crippen molar-refractivity contribution in [3.63, 3.8) is 0 Å². The number of nitrogens with one attached hydrogen (secondary N) is 1. The van der Waals surface area contributed by atoms with Crippen LogP contribution in [0.2, 0.25) is 0 Å². The molecule has 0 aliphatic carbocycles. The Hall–Kier alpha value is -3.44. The number of sulfone groups is 1. The number of ether oxygens (including phenoxy) is 5. The normalized spacial score (nSPS) is 12.9. The molecule has 0 atom stereocenters. The van der Waals surface area contributed by atoms with E-state index in [1.54, 1.807) is 31.4 Å². The summed E-state index contributed by atoms with van der Waals surface area (Å²) in [4.78, 5) is 4.33. The number of oxazole rings is 1. The highest BCUT2D eigenvalue weighted by molar-refractivity contribution is 7.91. The Bertz CT molecular complexity index is 1240. The molecule has 0 radical (unpaired) electrons. The van der Waals surface area contributed by atoms with Crippen LogP contribution in [-0.4, -0.2) is 61.1 Å². The lowest BCUT2D eigenvalue weighted by Crippen LogP contribution is -2.16. The Balaban J connectivity index is 1.77. The minimum Gasteiger partial charge on any atom is -0.493 e. The van der Waals surface area contributed by atoms with Gasteiger partial charge in [-0.3, -0.25) is 0 Å². The van der Waals surface area contributed by atoms with Crippen molar-refractivity contribution in [2.75, 3.05) is 53.0 Å². The fourth-order valence-electron chi connectivity index (χ4n) is 3.26. The third-order valence-electron chi connectivity index (χ3n) is 4.90. The zero-order valence-electron chi connectivity index (χ0n) is 18.4. The van der Waals surface area contributed by atoms with Gasteiger partial charge in [-0.05, 0) is 30.3 Å². The Morgan fingerprint density at radius 1 is 0.970 bits per heavy atom. The third-order valence-corrected chi connectivity index (χ3v) is 6.56. The molecular weight excluding hydrogens is 452 g/mol. The van der Waals surface area contributed by atoms with Gasteiger partial charge < -0.3 is 33.4 Å². The largest absolute Gasteiger partial charge is 0.493 e. The quantitative estimate of drug-likeness (QED) is 0.462. The van der Waals surface area contributed by atoms with Crippen molar-refractivity contribution < 1.29 is 36.5 Å². The minimum atomic E-state index is -4.06. The summed E-state index contributed by atoms with van der Waals surface area (Å²) < 4.78 is 59.5. The molecule has 1 aliphatic heterocycles. The summed E-state index contributed by atoms with van der Waals surface area (Å²) >= 11 is 0. The van der Waals surface area contributed by atoms with E-state index in [1.807, 2.05) is 0 Å². The van der Waals surface area contributed by atoms with Gasteiger partial charge in [-0.15, -0.1) is 0 Å². The van der Waals surface area contributed by atoms with E-state index < -0.39 is 9.84 Å². The highest BCUT2D eigenvalue weighted by Crippen LogP contribution is 2.38. The second kappa shape index (κ2) is 9.59. The topological polar surface area (TPSA) is 118 Å². The second-order valence-electron chi connectivity index (χ2n) is 6.95. The van der Waals surface area contributed by atoms with Gasteiger partial charge in [-0.25, -0.2) is 8.42 Å². The van der Waals surface area contributed by atoms with E-state index in [-0.39, 0.29) is 21.7 Å². The summed E-state index contributed by atoms with van der Waals surface area (Å²) in [6.45, 7) is 1.41. The number of hydrogen-bond acceptors (Lipinski definition) is 10. The molecule has 1 aliphatic rings. The predicted octanol–water partition coefficient (Wildman–Crippen LogP) is 3.02. The number of fused-ring (bicyclic) bond motifs is 1. The smallest absolute Gasteiger partial charge is 0.233 e. The van der Waals surface area contributed by atoms with Crippen molar-refractivity contribution in [3.05, 3.63) is 36.4 Å². The van der Waals surface area contributed by atoms with Crippen molar-refractivity contribution in [2.24, 2.45) is 0 Å². The molecule has 2 heterocycles. The van der Waals surface area contributed by atoms with Gasteiger partial charge in [0.1, 0.15) is 13.2 Å². The van der Waals surface area contributed by atoms with E-state index in [9.17, 15) is 8.42 Å². The lowest BCUT2D eigenvalue weighted by molar-refractivity contribution is 0.171. The molecule has 0 saturated heterocycles. The van der Waals surface area contributed by atoms with Crippen molar-refractivity contribution >= 4 is 15.7 Å². The van der Waals surface area contributed by atoms with Crippen LogP contribution >= 0.6 is 0 Å². The monoisotopic (exact) mass is 476 g/mol. The number of anilines is 1. The fraction of sp³-hybridized carbons (Fsp3) is 0.318. The van der Waals surface area contributed by atoms with E-state index in [4.69, 9.17) is 28.1 Å². The van der Waals surface area contributed by atoms with Gasteiger partial charge in [0, 0.05) is 25.3 Å². The first-order valence-corrected chi connectivity index (χ1v) is 11.6. The molecule has 0 amide bonds. The SMILES string of the molecule is COCCNc1oc(-c2ccc(OC)c(OC)c2)nc1S(=O)(=O)c1ccc2c(c1)OCCO2. The molecule has 1 aromatic heterocycles. The van der Waals surface area contributed by atoms with Crippen LogP contribution in [0.3, 0.4) is 0 Å². The van der Waals surface area contributed by atoms with E-state index in [2.05, 4.69) is 10.3 Å². The predicted molar refractivity (Wildman–Crippen MR) is 118 cm³/mol. The molecule has 11 heteroatoms. The van der Waals surface area contributed by atoms with E-state index in [0.29, 0.717) is 54.9 Å². The molecule has 4 rings (SSSR count). The highest BCUT2D eigenvalue weighted by Gasteiger charge is 2.30. The zero-order valence-corrected chi connectivity index (χ0v) is 19.2. The van der Waals surface area contributed by atoms with E-state index >= 15 is 0 Å². The van der Waals surface area contributed by atoms with Crippen molar-refractivity contribution in [1.29, 1.82) is 0 Å². The Morgan fingerprint density at radius 3 is 2.45 bits per heavy atom. The molecule has 0 spiro atoms. The second-order valence-corrected chi connectivity index (χ2v) is 8.82. The number of hydrogen-bond donors (Lipinski definition) is 1. The molecule has 176 valence electrons. The highest BCUT2D eigenvalue weighted by atomic mass is 32.2. The van der Waals surface area contributed by atoms with Crippen molar-refractivity contribution in [1.82, 2.24) is 4.98 Å². The standard InChI is InChI=1S/C22H24N2O8S/c1-27-9-8-23-21-22(24-20(32-21)14-4-6-16(28-2)18(12-14)29-3)33(25,26)15-5-7-17-19(13-15)31-11-10-30-17/h4-7,12-13,23H,8-11H2,1-3H3. The van der Waals surface area contributed by atoms with Gasteiger partial charge in [-0.1, -0.05) is 0 Å². The zero-order chi connectivity index (χ0) is 23.4. The van der Waals surface area contributed by atoms with E-state index in [1.165, 1.54) is 26.4 Å². The number of benzene rings is 2. The van der Waals surface area contributed by atoms with Crippen molar-refractivity contribution in [3.8, 4) is 34.5 Å². The number of aromatic nitrogens is 1. The average molecular weight is 477 g/mol. The van der Waals surface area contributed by atoms with Crippen molar-refractivity contribution in [2.45, 2.75) is 9.92 Å². The molecular formula is C22H24N2O8S. The Kier molecular flexibility index (Phi) is 6.61. The molecule has 0 bridgehead atoms. The van der Waals surface area contributed by atoms with Crippen LogP contribution in [0.1, 0.15) is 0 Å². The first kappa shape index (κ1) is 22.7. The maximum atomic E-state index is 13.5. The summed E-state index contributed by atoms with van der Waals surface area (Å²) in [5.74, 6) is 1.94. The number of methoxy groups -OCH3 is 3. The van der Waals surface area contributed by atoms with Gasteiger partial charge in [0.15, 0.2) is 23.0 Å². The van der Waals surface area contributed by atoms with Gasteiger partial charge in [-0.2, -0.15) is 4.98 Å².